The molecule has 3 aliphatic carbocycles. The molecule has 1 amide bonds. The highest BCUT2D eigenvalue weighted by Crippen LogP contribution is 2.50. The van der Waals surface area contributed by atoms with Gasteiger partial charge in [-0.25, -0.2) is 0 Å². The highest BCUT2D eigenvalue weighted by atomic mass is 16.3. The molecule has 8 heteroatoms. The van der Waals surface area contributed by atoms with Crippen molar-refractivity contribution < 1.29 is 34.8 Å². The molecule has 0 heterocycles. The number of allylic oxidation sites excluding steroid dienone is 1. The summed E-state index contributed by atoms with van der Waals surface area (Å²) in [6.45, 7) is 0. The Morgan fingerprint density at radius 1 is 1.11 bits per heavy atom. The lowest BCUT2D eigenvalue weighted by Gasteiger charge is -2.45. The Kier molecular flexibility index (Phi) is 3.48. The van der Waals surface area contributed by atoms with E-state index in [4.69, 9.17) is 5.73 Å². The van der Waals surface area contributed by atoms with Gasteiger partial charge in [0, 0.05) is 17.9 Å². The van der Waals surface area contributed by atoms with Crippen molar-refractivity contribution >= 4 is 23.2 Å². The van der Waals surface area contributed by atoms with E-state index >= 15 is 0 Å². The normalized spacial score (nSPS) is 30.0. The Balaban J connectivity index is 1.90. The molecule has 3 atom stereocenters. The van der Waals surface area contributed by atoms with Gasteiger partial charge in [-0.05, 0) is 30.4 Å². The molecule has 0 aliphatic heterocycles. The van der Waals surface area contributed by atoms with Gasteiger partial charge in [0.2, 0.25) is 11.6 Å². The summed E-state index contributed by atoms with van der Waals surface area (Å²) in [4.78, 5) is 37.3. The quantitative estimate of drug-likeness (QED) is 0.353. The molecule has 1 aromatic rings. The van der Waals surface area contributed by atoms with Crippen LogP contribution >= 0.6 is 0 Å². The lowest BCUT2D eigenvalue weighted by Crippen LogP contribution is -2.61. The number of fused-ring (bicyclic) bond motifs is 3. The highest BCUT2D eigenvalue weighted by Gasteiger charge is 2.61. The number of hydrogen-bond donors (Lipinski definition) is 5. The molecule has 27 heavy (non-hydrogen) atoms. The minimum Gasteiger partial charge on any atom is -0.511 e. The molecule has 0 radical (unpaired) electrons. The first-order valence-electron chi connectivity index (χ1n) is 8.46. The molecule has 1 aromatic carbocycles. The smallest absolute Gasteiger partial charge is 0.255 e. The molecule has 0 aromatic heterocycles. The van der Waals surface area contributed by atoms with Gasteiger partial charge >= 0.3 is 0 Å². The maximum Gasteiger partial charge on any atom is 0.255 e. The molecule has 0 bridgehead atoms. The fourth-order valence-corrected chi connectivity index (χ4v) is 4.56. The lowest BCUT2D eigenvalue weighted by molar-refractivity contribution is -0.158. The number of carbonyl (C=O) groups is 3. The number of phenolic OH excluding ortho intramolecular Hbond substituents is 1. The van der Waals surface area contributed by atoms with Crippen LogP contribution < -0.4 is 5.73 Å². The Morgan fingerprint density at radius 3 is 2.48 bits per heavy atom. The molecule has 2 unspecified atom stereocenters. The third-order valence-electron chi connectivity index (χ3n) is 5.79. The predicted molar refractivity (Wildman–Crippen MR) is 91.4 cm³/mol. The van der Waals surface area contributed by atoms with Crippen LogP contribution in [-0.2, 0) is 20.8 Å². The SMILES string of the molecule is NC(=O)C1=C(O)CC2CC3Cc4cccc(O)c4C(O)=C3C(=O)[C@]2(O)C1=O. The minimum atomic E-state index is -2.59. The van der Waals surface area contributed by atoms with Crippen molar-refractivity contribution in [1.29, 1.82) is 0 Å². The van der Waals surface area contributed by atoms with Crippen molar-refractivity contribution in [3.05, 3.63) is 46.2 Å². The van der Waals surface area contributed by atoms with Crippen LogP contribution in [0.3, 0.4) is 0 Å². The number of carbonyl (C=O) groups excluding carboxylic acids is 3. The number of phenols is 1. The van der Waals surface area contributed by atoms with E-state index in [0.717, 1.165) is 0 Å². The van der Waals surface area contributed by atoms with Crippen molar-refractivity contribution in [2.45, 2.75) is 24.9 Å². The summed E-state index contributed by atoms with van der Waals surface area (Å²) >= 11 is 0. The predicted octanol–water partition coefficient (Wildman–Crippen LogP) is 0.424. The van der Waals surface area contributed by atoms with Gasteiger partial charge in [0.1, 0.15) is 22.8 Å². The zero-order chi connectivity index (χ0) is 19.7. The summed E-state index contributed by atoms with van der Waals surface area (Å²) in [5.74, 6) is -6.19. The van der Waals surface area contributed by atoms with Gasteiger partial charge in [0.05, 0.1) is 5.56 Å². The fraction of sp³-hybridized carbons (Fsp3) is 0.316. The van der Waals surface area contributed by atoms with Gasteiger partial charge in [0.15, 0.2) is 5.60 Å². The molecule has 4 rings (SSSR count). The standard InChI is InChI=1S/C19H17NO7/c20-18(26)14-11(22)6-9-5-8-4-7-2-1-3-10(21)12(7)15(23)13(8)16(24)19(9,27)17(14)25/h1-3,8-9,21-23,27H,4-6H2,(H2,20,26)/t8?,9?,19-/m0/s1. The zero-order valence-electron chi connectivity index (χ0n) is 14.1. The third-order valence-corrected chi connectivity index (χ3v) is 5.79. The van der Waals surface area contributed by atoms with Crippen LogP contribution in [0.4, 0.5) is 0 Å². The van der Waals surface area contributed by atoms with Crippen LogP contribution in [0.1, 0.15) is 24.0 Å². The number of primary amides is 1. The lowest BCUT2D eigenvalue weighted by atomic mass is 9.58. The number of amides is 1. The summed E-state index contributed by atoms with van der Waals surface area (Å²) in [5.41, 5.74) is 2.32. The van der Waals surface area contributed by atoms with Gasteiger partial charge in [-0.3, -0.25) is 14.4 Å². The fourth-order valence-electron chi connectivity index (χ4n) is 4.56. The van der Waals surface area contributed by atoms with Gasteiger partial charge in [0.25, 0.3) is 5.91 Å². The van der Waals surface area contributed by atoms with Crippen molar-refractivity contribution in [3.8, 4) is 5.75 Å². The molecular formula is C19H17NO7. The highest BCUT2D eigenvalue weighted by molar-refractivity contribution is 6.32. The van der Waals surface area contributed by atoms with Crippen LogP contribution in [0.5, 0.6) is 5.75 Å². The molecule has 0 spiro atoms. The number of aliphatic hydroxyl groups excluding tert-OH is 2. The molecule has 8 nitrogen and oxygen atoms in total. The zero-order valence-corrected chi connectivity index (χ0v) is 14.1. The Morgan fingerprint density at radius 2 is 1.81 bits per heavy atom. The first kappa shape index (κ1) is 17.3. The molecule has 6 N–H and O–H groups in total. The molecular weight excluding hydrogens is 354 g/mol. The molecule has 1 fully saturated rings. The molecule has 1 saturated carbocycles. The third kappa shape index (κ3) is 2.10. The first-order chi connectivity index (χ1) is 12.7. The van der Waals surface area contributed by atoms with Gasteiger partial charge in [-0.15, -0.1) is 0 Å². The number of nitrogens with two attached hydrogens (primary N) is 1. The second kappa shape index (κ2) is 5.43. The Labute approximate surface area is 153 Å². The minimum absolute atomic E-state index is 0.0934. The van der Waals surface area contributed by atoms with E-state index in [2.05, 4.69) is 0 Å². The number of Topliss-reactive ketones (excluding diaryl/α,β-unsaturated/α-hetero) is 2. The summed E-state index contributed by atoms with van der Waals surface area (Å²) in [6.07, 6.45) is 0.213. The van der Waals surface area contributed by atoms with E-state index in [1.54, 1.807) is 12.1 Å². The van der Waals surface area contributed by atoms with Gasteiger partial charge < -0.3 is 26.2 Å². The topological polar surface area (TPSA) is 158 Å². The number of benzene rings is 1. The molecule has 140 valence electrons. The number of hydrogen-bond acceptors (Lipinski definition) is 7. The van der Waals surface area contributed by atoms with E-state index in [1.807, 2.05) is 0 Å². The van der Waals surface area contributed by atoms with E-state index in [-0.39, 0.29) is 29.7 Å². The van der Waals surface area contributed by atoms with E-state index < -0.39 is 52.0 Å². The summed E-state index contributed by atoms with van der Waals surface area (Å²) in [5, 5.41) is 41.7. The Bertz CT molecular complexity index is 990. The monoisotopic (exact) mass is 371 g/mol. The maximum absolute atomic E-state index is 13.1. The van der Waals surface area contributed by atoms with Crippen LogP contribution in [-0.4, -0.2) is 43.5 Å². The van der Waals surface area contributed by atoms with E-state index in [9.17, 15) is 34.8 Å². The van der Waals surface area contributed by atoms with E-state index in [1.165, 1.54) is 6.07 Å². The van der Waals surface area contributed by atoms with Crippen LogP contribution in [0.15, 0.2) is 35.1 Å². The largest absolute Gasteiger partial charge is 0.511 e. The van der Waals surface area contributed by atoms with Crippen LogP contribution in [0.25, 0.3) is 5.76 Å². The van der Waals surface area contributed by atoms with Gasteiger partial charge in [-0.1, -0.05) is 12.1 Å². The summed E-state index contributed by atoms with van der Waals surface area (Å²) < 4.78 is 0. The Hall–Kier alpha value is -3.13. The number of aromatic hydroxyl groups is 1. The molecule has 0 saturated heterocycles. The second-order valence-electron chi connectivity index (χ2n) is 7.22. The number of ketones is 2. The maximum atomic E-state index is 13.1. The van der Waals surface area contributed by atoms with Crippen molar-refractivity contribution in [1.82, 2.24) is 0 Å². The molecule has 3 aliphatic rings. The second-order valence-corrected chi connectivity index (χ2v) is 7.22. The van der Waals surface area contributed by atoms with Crippen molar-refractivity contribution in [2.24, 2.45) is 17.6 Å². The van der Waals surface area contributed by atoms with Crippen molar-refractivity contribution in [3.63, 3.8) is 0 Å². The average molecular weight is 371 g/mol. The first-order valence-corrected chi connectivity index (χ1v) is 8.46. The van der Waals surface area contributed by atoms with E-state index in [0.29, 0.717) is 12.0 Å². The number of aliphatic hydroxyl groups is 3. The number of rotatable bonds is 1. The summed E-state index contributed by atoms with van der Waals surface area (Å²) in [7, 11) is 0. The van der Waals surface area contributed by atoms with Crippen LogP contribution in [0.2, 0.25) is 0 Å². The average Bonchev–Trinajstić information content (AvgIpc) is 2.57. The van der Waals surface area contributed by atoms with Crippen molar-refractivity contribution in [2.75, 3.05) is 0 Å². The van der Waals surface area contributed by atoms with Gasteiger partial charge in [-0.2, -0.15) is 0 Å². The summed E-state index contributed by atoms with van der Waals surface area (Å²) in [6, 6.07) is 4.69. The van der Waals surface area contributed by atoms with Crippen LogP contribution in [0, 0.1) is 11.8 Å².